The van der Waals surface area contributed by atoms with Gasteiger partial charge in [0.05, 0.1) is 5.94 Å². The van der Waals surface area contributed by atoms with Gasteiger partial charge in [0.25, 0.3) is 0 Å². The Balaban J connectivity index is 2.10. The van der Waals surface area contributed by atoms with Crippen molar-refractivity contribution in [3.8, 4) is 11.1 Å². The van der Waals surface area contributed by atoms with Crippen molar-refractivity contribution in [2.45, 2.75) is 5.92 Å². The maximum absolute atomic E-state index is 8.99. The second kappa shape index (κ2) is 4.55. The van der Waals surface area contributed by atoms with E-state index in [2.05, 4.69) is 48.5 Å². The summed E-state index contributed by atoms with van der Waals surface area (Å²) in [4.78, 5) is 0. The number of aliphatic hydroxyl groups excluding tert-OH is 1. The molecule has 17 heavy (non-hydrogen) atoms. The van der Waals surface area contributed by atoms with Crippen LogP contribution in [0.5, 0.6) is 0 Å². The fraction of sp³-hybridized carbons (Fsp3) is 0.200. The standard InChI is InChI=1S/C15H14OS/c16-10-17-9-15-13-7-3-1-5-11(13)12-6-2-4-8-14(12)15/h1-8,15-16H,9-10H2. The van der Waals surface area contributed by atoms with Gasteiger partial charge in [0.1, 0.15) is 0 Å². The first-order valence-corrected chi connectivity index (χ1v) is 6.94. The third-order valence-electron chi connectivity index (χ3n) is 3.34. The van der Waals surface area contributed by atoms with E-state index < -0.39 is 0 Å². The van der Waals surface area contributed by atoms with Gasteiger partial charge >= 0.3 is 0 Å². The Labute approximate surface area is 105 Å². The molecule has 2 aromatic rings. The van der Waals surface area contributed by atoms with Gasteiger partial charge in [-0.15, -0.1) is 11.8 Å². The van der Waals surface area contributed by atoms with Gasteiger partial charge in [-0.2, -0.15) is 0 Å². The van der Waals surface area contributed by atoms with Gasteiger partial charge in [0, 0.05) is 11.7 Å². The lowest BCUT2D eigenvalue weighted by molar-refractivity contribution is 0.375. The molecule has 1 aliphatic carbocycles. The molecule has 0 saturated heterocycles. The molecule has 1 nitrogen and oxygen atoms in total. The maximum atomic E-state index is 8.99. The van der Waals surface area contributed by atoms with Crippen molar-refractivity contribution in [2.24, 2.45) is 0 Å². The van der Waals surface area contributed by atoms with Crippen LogP contribution in [0.1, 0.15) is 17.0 Å². The molecule has 0 heterocycles. The fourth-order valence-electron chi connectivity index (χ4n) is 2.61. The highest BCUT2D eigenvalue weighted by atomic mass is 32.2. The van der Waals surface area contributed by atoms with E-state index in [1.165, 1.54) is 22.3 Å². The lowest BCUT2D eigenvalue weighted by Crippen LogP contribution is -2.00. The molecule has 0 unspecified atom stereocenters. The van der Waals surface area contributed by atoms with E-state index in [0.29, 0.717) is 5.92 Å². The van der Waals surface area contributed by atoms with Gasteiger partial charge in [-0.05, 0) is 22.3 Å². The maximum Gasteiger partial charge on any atom is 0.0886 e. The average Bonchev–Trinajstić information content (AvgIpc) is 2.71. The van der Waals surface area contributed by atoms with Crippen molar-refractivity contribution >= 4 is 11.8 Å². The van der Waals surface area contributed by atoms with Gasteiger partial charge < -0.3 is 5.11 Å². The molecule has 0 radical (unpaired) electrons. The predicted molar refractivity (Wildman–Crippen MR) is 73.3 cm³/mol. The van der Waals surface area contributed by atoms with Crippen LogP contribution in [-0.4, -0.2) is 16.8 Å². The molecule has 2 aromatic carbocycles. The molecular weight excluding hydrogens is 228 g/mol. The molecule has 0 saturated carbocycles. The minimum Gasteiger partial charge on any atom is -0.386 e. The molecule has 3 rings (SSSR count). The summed E-state index contributed by atoms with van der Waals surface area (Å²) in [5, 5.41) is 8.99. The molecule has 86 valence electrons. The number of fused-ring (bicyclic) bond motifs is 3. The Morgan fingerprint density at radius 1 is 0.882 bits per heavy atom. The molecule has 0 bridgehead atoms. The first-order valence-electron chi connectivity index (χ1n) is 5.78. The highest BCUT2D eigenvalue weighted by Crippen LogP contribution is 2.45. The van der Waals surface area contributed by atoms with E-state index in [4.69, 9.17) is 5.11 Å². The van der Waals surface area contributed by atoms with Crippen molar-refractivity contribution in [1.29, 1.82) is 0 Å². The summed E-state index contributed by atoms with van der Waals surface area (Å²) in [7, 11) is 0. The van der Waals surface area contributed by atoms with E-state index in [-0.39, 0.29) is 5.94 Å². The lowest BCUT2D eigenvalue weighted by Gasteiger charge is -2.11. The Hall–Kier alpha value is -1.25. The lowest BCUT2D eigenvalue weighted by atomic mass is 9.99. The molecule has 1 N–H and O–H groups in total. The zero-order chi connectivity index (χ0) is 11.7. The monoisotopic (exact) mass is 242 g/mol. The number of benzene rings is 2. The first-order chi connectivity index (χ1) is 8.42. The third kappa shape index (κ3) is 1.78. The third-order valence-corrected chi connectivity index (χ3v) is 4.09. The molecule has 1 aliphatic rings. The van der Waals surface area contributed by atoms with E-state index in [0.717, 1.165) is 5.75 Å². The fourth-order valence-corrected chi connectivity index (χ4v) is 3.31. The van der Waals surface area contributed by atoms with Crippen LogP contribution in [0.2, 0.25) is 0 Å². The zero-order valence-electron chi connectivity index (χ0n) is 9.47. The molecule has 0 amide bonds. The van der Waals surface area contributed by atoms with Crippen LogP contribution in [0.25, 0.3) is 11.1 Å². The van der Waals surface area contributed by atoms with Gasteiger partial charge in [0.15, 0.2) is 0 Å². The largest absolute Gasteiger partial charge is 0.386 e. The highest BCUT2D eigenvalue weighted by Gasteiger charge is 2.27. The van der Waals surface area contributed by atoms with Crippen LogP contribution < -0.4 is 0 Å². The summed E-state index contributed by atoms with van der Waals surface area (Å²) in [6.07, 6.45) is 0. The van der Waals surface area contributed by atoms with Crippen LogP contribution in [0.3, 0.4) is 0 Å². The van der Waals surface area contributed by atoms with Gasteiger partial charge in [-0.25, -0.2) is 0 Å². The summed E-state index contributed by atoms with van der Waals surface area (Å²) in [6.45, 7) is 0. The summed E-state index contributed by atoms with van der Waals surface area (Å²) in [6, 6.07) is 17.2. The van der Waals surface area contributed by atoms with Crippen molar-refractivity contribution in [1.82, 2.24) is 0 Å². The molecule has 0 aromatic heterocycles. The molecule has 2 heteroatoms. The smallest absolute Gasteiger partial charge is 0.0886 e. The van der Waals surface area contributed by atoms with Crippen molar-refractivity contribution in [3.63, 3.8) is 0 Å². The molecule has 0 spiro atoms. The Morgan fingerprint density at radius 3 is 1.94 bits per heavy atom. The van der Waals surface area contributed by atoms with Gasteiger partial charge in [-0.1, -0.05) is 48.5 Å². The predicted octanol–water partition coefficient (Wildman–Crippen LogP) is 3.48. The van der Waals surface area contributed by atoms with Gasteiger partial charge in [-0.3, -0.25) is 0 Å². The molecular formula is C15H14OS. The Morgan fingerprint density at radius 2 is 1.41 bits per heavy atom. The summed E-state index contributed by atoms with van der Waals surface area (Å²) in [5.74, 6) is 1.57. The number of hydrogen-bond donors (Lipinski definition) is 1. The highest BCUT2D eigenvalue weighted by molar-refractivity contribution is 7.99. The SMILES string of the molecule is OCSCC1c2ccccc2-c2ccccc21. The summed E-state index contributed by atoms with van der Waals surface area (Å²) in [5.41, 5.74) is 5.50. The van der Waals surface area contributed by atoms with Crippen LogP contribution in [0, 0.1) is 0 Å². The van der Waals surface area contributed by atoms with E-state index >= 15 is 0 Å². The molecule has 0 atom stereocenters. The average molecular weight is 242 g/mol. The summed E-state index contributed by atoms with van der Waals surface area (Å²) >= 11 is 1.59. The number of hydrogen-bond acceptors (Lipinski definition) is 2. The van der Waals surface area contributed by atoms with Crippen LogP contribution in [0.15, 0.2) is 48.5 Å². The van der Waals surface area contributed by atoms with Crippen LogP contribution in [0.4, 0.5) is 0 Å². The van der Waals surface area contributed by atoms with Crippen molar-refractivity contribution in [3.05, 3.63) is 59.7 Å². The second-order valence-electron chi connectivity index (χ2n) is 4.23. The summed E-state index contributed by atoms with van der Waals surface area (Å²) < 4.78 is 0. The second-order valence-corrected chi connectivity index (χ2v) is 5.23. The number of thioether (sulfide) groups is 1. The Bertz CT molecular complexity index is 490. The molecule has 0 aliphatic heterocycles. The van der Waals surface area contributed by atoms with E-state index in [1.807, 2.05) is 0 Å². The normalized spacial score (nSPS) is 13.5. The van der Waals surface area contributed by atoms with E-state index in [9.17, 15) is 0 Å². The quantitative estimate of drug-likeness (QED) is 0.831. The minimum atomic E-state index is 0.195. The van der Waals surface area contributed by atoms with E-state index in [1.54, 1.807) is 11.8 Å². The minimum absolute atomic E-state index is 0.195. The Kier molecular flexibility index (Phi) is 2.91. The number of rotatable bonds is 3. The first kappa shape index (κ1) is 10.9. The van der Waals surface area contributed by atoms with Crippen molar-refractivity contribution in [2.75, 3.05) is 11.7 Å². The molecule has 0 fully saturated rings. The van der Waals surface area contributed by atoms with Crippen molar-refractivity contribution < 1.29 is 5.11 Å². The number of aliphatic hydroxyl groups is 1. The zero-order valence-corrected chi connectivity index (χ0v) is 10.3. The van der Waals surface area contributed by atoms with Gasteiger partial charge in [0.2, 0.25) is 0 Å². The van der Waals surface area contributed by atoms with Crippen LogP contribution >= 0.6 is 11.8 Å². The topological polar surface area (TPSA) is 20.2 Å². The van der Waals surface area contributed by atoms with Crippen LogP contribution in [-0.2, 0) is 0 Å².